The van der Waals surface area contributed by atoms with E-state index >= 15 is 0 Å². The highest BCUT2D eigenvalue weighted by atomic mass is 19.3. The minimum Gasteiger partial charge on any atom is -0.376 e. The fraction of sp³-hybridized carbons (Fsp3) is 0.722. The smallest absolute Gasteiger partial charge is 0.267 e. The lowest BCUT2D eigenvalue weighted by atomic mass is 10.00. The summed E-state index contributed by atoms with van der Waals surface area (Å²) in [4.78, 5) is 14.3. The van der Waals surface area contributed by atoms with Crippen LogP contribution in [0.5, 0.6) is 0 Å². The van der Waals surface area contributed by atoms with Crippen LogP contribution in [0.4, 0.5) is 8.78 Å². The average Bonchev–Trinajstić information content (AvgIpc) is 3.20. The van der Waals surface area contributed by atoms with Crippen LogP contribution in [0.15, 0.2) is 12.3 Å². The minimum atomic E-state index is -3.05. The van der Waals surface area contributed by atoms with Crippen LogP contribution in [0.25, 0.3) is 6.08 Å². The van der Waals surface area contributed by atoms with E-state index in [0.29, 0.717) is 25.5 Å². The second kappa shape index (κ2) is 7.63. The number of carbonyl (C=O) groups excluding carboxylic acids is 1. The molecule has 0 aliphatic carbocycles. The van der Waals surface area contributed by atoms with Gasteiger partial charge in [0.15, 0.2) is 0 Å². The Labute approximate surface area is 157 Å². The van der Waals surface area contributed by atoms with E-state index in [-0.39, 0.29) is 24.5 Å². The number of fused-ring (bicyclic) bond motifs is 1. The third kappa shape index (κ3) is 4.90. The number of carbonyl (C=O) groups is 1. The number of amides is 1. The summed E-state index contributed by atoms with van der Waals surface area (Å²) in [5.74, 6) is -3.34. The summed E-state index contributed by atoms with van der Waals surface area (Å²) in [6.07, 6.45) is 3.93. The third-order valence-corrected chi connectivity index (χ3v) is 4.73. The van der Waals surface area contributed by atoms with Crippen LogP contribution < -0.4 is 0 Å². The van der Waals surface area contributed by atoms with Crippen LogP contribution >= 0.6 is 0 Å². The second-order valence-electron chi connectivity index (χ2n) is 7.74. The number of rotatable bonds is 6. The number of nitrogens with zero attached hydrogens (tertiary/aromatic N) is 4. The number of hydrogen-bond donors (Lipinski definition) is 0. The molecule has 2 aliphatic heterocycles. The molecule has 3 rings (SSSR count). The molecule has 2 atom stereocenters. The molecule has 2 saturated heterocycles. The number of ether oxygens (including phenoxy) is 2. The number of allylic oxidation sites excluding steroid dienone is 1. The highest BCUT2D eigenvalue weighted by Crippen LogP contribution is 2.31. The maximum absolute atomic E-state index is 14.3. The molecule has 7 nitrogen and oxygen atoms in total. The van der Waals surface area contributed by atoms with Crippen molar-refractivity contribution in [1.82, 2.24) is 19.9 Å². The molecule has 0 spiro atoms. The average molecular weight is 384 g/mol. The molecule has 0 aromatic carbocycles. The zero-order valence-electron chi connectivity index (χ0n) is 15.9. The Morgan fingerprint density at radius 3 is 2.96 bits per heavy atom. The van der Waals surface area contributed by atoms with Gasteiger partial charge in [-0.3, -0.25) is 4.79 Å². The van der Waals surface area contributed by atoms with Crippen molar-refractivity contribution in [2.45, 2.75) is 63.8 Å². The Bertz CT molecular complexity index is 705. The van der Waals surface area contributed by atoms with Crippen LogP contribution in [-0.4, -0.2) is 69.2 Å². The molecule has 1 amide bonds. The molecule has 1 aromatic rings. The van der Waals surface area contributed by atoms with Gasteiger partial charge in [-0.05, 0) is 26.8 Å². The summed E-state index contributed by atoms with van der Waals surface area (Å²) in [5.41, 5.74) is 0.00366. The van der Waals surface area contributed by atoms with E-state index in [1.54, 1.807) is 17.1 Å². The summed E-state index contributed by atoms with van der Waals surface area (Å²) in [6, 6.07) is -0.196. The first-order valence-electron chi connectivity index (χ1n) is 9.15. The van der Waals surface area contributed by atoms with Gasteiger partial charge in [0, 0.05) is 19.4 Å². The first kappa shape index (κ1) is 19.9. The molecule has 9 heteroatoms. The summed E-state index contributed by atoms with van der Waals surface area (Å²) >= 11 is 0. The molecule has 2 fully saturated rings. The Morgan fingerprint density at radius 1 is 1.44 bits per heavy atom. The number of morpholine rings is 1. The fourth-order valence-electron chi connectivity index (χ4n) is 3.56. The maximum Gasteiger partial charge on any atom is 0.267 e. The van der Waals surface area contributed by atoms with E-state index in [4.69, 9.17) is 9.47 Å². The molecule has 0 bridgehead atoms. The van der Waals surface area contributed by atoms with E-state index < -0.39 is 24.5 Å². The monoisotopic (exact) mass is 384 g/mol. The Balaban J connectivity index is 1.58. The molecule has 0 radical (unpaired) electrons. The van der Waals surface area contributed by atoms with Gasteiger partial charge >= 0.3 is 0 Å². The molecule has 2 aliphatic rings. The van der Waals surface area contributed by atoms with Gasteiger partial charge in [0.2, 0.25) is 5.91 Å². The lowest BCUT2D eigenvalue weighted by Gasteiger charge is -2.45. The molecule has 150 valence electrons. The molecule has 1 aromatic heterocycles. The predicted molar refractivity (Wildman–Crippen MR) is 94.2 cm³/mol. The second-order valence-corrected chi connectivity index (χ2v) is 7.74. The SMILES string of the molecule is C/C=C/c1cn(CC(F)(F)CCC(=O)N2CC(C)(C)O[C@@H]3COC[C@H]32)nn1. The third-order valence-electron chi connectivity index (χ3n) is 4.73. The van der Waals surface area contributed by atoms with Crippen molar-refractivity contribution in [2.75, 3.05) is 19.8 Å². The van der Waals surface area contributed by atoms with E-state index in [9.17, 15) is 13.6 Å². The Hall–Kier alpha value is -1.87. The van der Waals surface area contributed by atoms with Crippen molar-refractivity contribution in [3.63, 3.8) is 0 Å². The summed E-state index contributed by atoms with van der Waals surface area (Å²) in [6.45, 7) is 6.18. The van der Waals surface area contributed by atoms with Crippen molar-refractivity contribution < 1.29 is 23.0 Å². The highest BCUT2D eigenvalue weighted by Gasteiger charge is 2.46. The fourth-order valence-corrected chi connectivity index (χ4v) is 3.56. The summed E-state index contributed by atoms with van der Waals surface area (Å²) in [7, 11) is 0. The largest absolute Gasteiger partial charge is 0.376 e. The predicted octanol–water partition coefficient (Wildman–Crippen LogP) is 2.13. The number of alkyl halides is 2. The Morgan fingerprint density at radius 2 is 2.22 bits per heavy atom. The van der Waals surface area contributed by atoms with E-state index in [2.05, 4.69) is 10.3 Å². The van der Waals surface area contributed by atoms with Gasteiger partial charge in [-0.25, -0.2) is 13.5 Å². The van der Waals surface area contributed by atoms with Crippen LogP contribution in [0.3, 0.4) is 0 Å². The van der Waals surface area contributed by atoms with Crippen molar-refractivity contribution in [3.8, 4) is 0 Å². The van der Waals surface area contributed by atoms with Gasteiger partial charge in [0.05, 0.1) is 31.1 Å². The molecule has 3 heterocycles. The van der Waals surface area contributed by atoms with Gasteiger partial charge in [-0.1, -0.05) is 11.3 Å². The van der Waals surface area contributed by atoms with Crippen molar-refractivity contribution in [2.24, 2.45) is 0 Å². The topological polar surface area (TPSA) is 69.5 Å². The molecule has 0 unspecified atom stereocenters. The van der Waals surface area contributed by atoms with Crippen LogP contribution in [0, 0.1) is 0 Å². The van der Waals surface area contributed by atoms with Crippen LogP contribution in [-0.2, 0) is 20.8 Å². The van der Waals surface area contributed by atoms with Gasteiger partial charge in [0.1, 0.15) is 18.3 Å². The van der Waals surface area contributed by atoms with Crippen LogP contribution in [0.1, 0.15) is 39.3 Å². The number of hydrogen-bond acceptors (Lipinski definition) is 5. The van der Waals surface area contributed by atoms with E-state index in [1.807, 2.05) is 20.8 Å². The standard InChI is InChI=1S/C18H26F2N4O3/c1-4-5-13-8-23(22-21-13)12-18(19,20)7-6-16(25)24-11-17(2,3)27-15-10-26-9-14(15)24/h4-5,8,14-15H,6-7,9-12H2,1-3H3/b5-4+/t14-,15-/m1/s1. The number of aromatic nitrogens is 3. The summed E-state index contributed by atoms with van der Waals surface area (Å²) in [5, 5.41) is 7.51. The maximum atomic E-state index is 14.3. The highest BCUT2D eigenvalue weighted by molar-refractivity contribution is 5.77. The Kier molecular flexibility index (Phi) is 5.62. The van der Waals surface area contributed by atoms with Crippen molar-refractivity contribution in [3.05, 3.63) is 18.0 Å². The quantitative estimate of drug-likeness (QED) is 0.752. The van der Waals surface area contributed by atoms with Gasteiger partial charge in [0.25, 0.3) is 5.92 Å². The normalized spacial score (nSPS) is 25.1. The van der Waals surface area contributed by atoms with Crippen molar-refractivity contribution >= 4 is 12.0 Å². The lowest BCUT2D eigenvalue weighted by molar-refractivity contribution is -0.170. The molecule has 27 heavy (non-hydrogen) atoms. The van der Waals surface area contributed by atoms with Gasteiger partial charge in [-0.15, -0.1) is 5.10 Å². The molecular weight excluding hydrogens is 358 g/mol. The summed E-state index contributed by atoms with van der Waals surface area (Å²) < 4.78 is 41.1. The van der Waals surface area contributed by atoms with E-state index in [0.717, 1.165) is 4.68 Å². The van der Waals surface area contributed by atoms with Crippen molar-refractivity contribution in [1.29, 1.82) is 0 Å². The molecular formula is C18H26F2N4O3. The first-order chi connectivity index (χ1) is 12.7. The first-order valence-corrected chi connectivity index (χ1v) is 9.15. The van der Waals surface area contributed by atoms with Gasteiger partial charge in [-0.2, -0.15) is 0 Å². The lowest BCUT2D eigenvalue weighted by Crippen LogP contribution is -2.60. The molecule has 0 saturated carbocycles. The van der Waals surface area contributed by atoms with Crippen LogP contribution in [0.2, 0.25) is 0 Å². The van der Waals surface area contributed by atoms with E-state index in [1.165, 1.54) is 6.20 Å². The van der Waals surface area contributed by atoms with Gasteiger partial charge < -0.3 is 14.4 Å². The number of halogens is 2. The minimum absolute atomic E-state index is 0.196. The zero-order valence-corrected chi connectivity index (χ0v) is 15.9. The molecule has 0 N–H and O–H groups in total. The zero-order chi connectivity index (χ0) is 19.7.